The van der Waals surface area contributed by atoms with Crippen molar-refractivity contribution in [1.29, 1.82) is 0 Å². The fourth-order valence-electron chi connectivity index (χ4n) is 5.65. The van der Waals surface area contributed by atoms with Gasteiger partial charge in [-0.2, -0.15) is 5.10 Å². The first kappa shape index (κ1) is 26.5. The maximum Gasteiger partial charge on any atom is 0.255 e. The van der Waals surface area contributed by atoms with Crippen molar-refractivity contribution >= 4 is 28.3 Å². The summed E-state index contributed by atoms with van der Waals surface area (Å²) in [5.74, 6) is 0.757. The number of hydrogen-bond acceptors (Lipinski definition) is 6. The van der Waals surface area contributed by atoms with Crippen molar-refractivity contribution in [2.45, 2.75) is 32.3 Å². The van der Waals surface area contributed by atoms with Gasteiger partial charge in [0.05, 0.1) is 29.5 Å². The molecule has 9 nitrogen and oxygen atoms in total. The van der Waals surface area contributed by atoms with Crippen molar-refractivity contribution in [3.8, 4) is 11.5 Å². The lowest BCUT2D eigenvalue weighted by molar-refractivity contribution is 0.0445. The van der Waals surface area contributed by atoms with E-state index >= 15 is 0 Å². The number of furan rings is 1. The number of aliphatic hydroxyl groups is 1. The zero-order chi connectivity index (χ0) is 28.9. The van der Waals surface area contributed by atoms with Crippen LogP contribution in [0.15, 0.2) is 65.3 Å². The Morgan fingerprint density at radius 1 is 1.17 bits per heavy atom. The van der Waals surface area contributed by atoms with Crippen LogP contribution in [-0.2, 0) is 6.42 Å². The molecule has 1 atom stereocenters. The number of aromatic nitrogens is 2. The summed E-state index contributed by atoms with van der Waals surface area (Å²) in [7, 11) is 1.57. The van der Waals surface area contributed by atoms with Crippen LogP contribution in [0.5, 0.6) is 11.5 Å². The standard InChI is InChI=1S/C31H29FN4O5/c1-18-24(30(38)35-13-11-31(39,17-35)15-20-4-6-21(32)7-5-20)16-36-28(18)25(10-12-34-36)41-22-8-9-23-26(14-22)40-19(2)27(23)29(37)33-3/h4-10,12,14,16,39H,11,13,15,17H2,1-3H3,(H,33,37)/t31-/m0/s1. The number of β-amino-alcohol motifs (C(OH)–C–C–N with tert-alkyl or cyclic N) is 1. The van der Waals surface area contributed by atoms with Crippen LogP contribution in [0, 0.1) is 19.7 Å². The molecule has 2 aromatic carbocycles. The molecule has 2 amide bonds. The first-order valence-corrected chi connectivity index (χ1v) is 13.3. The Morgan fingerprint density at radius 3 is 2.71 bits per heavy atom. The van der Waals surface area contributed by atoms with Gasteiger partial charge in [0.1, 0.15) is 28.4 Å². The van der Waals surface area contributed by atoms with Crippen LogP contribution < -0.4 is 10.1 Å². The van der Waals surface area contributed by atoms with E-state index in [1.54, 1.807) is 72.2 Å². The molecule has 0 spiro atoms. The van der Waals surface area contributed by atoms with Crippen molar-refractivity contribution in [2.75, 3.05) is 20.1 Å². The molecule has 0 unspecified atom stereocenters. The van der Waals surface area contributed by atoms with Crippen LogP contribution in [0.25, 0.3) is 16.5 Å². The maximum atomic E-state index is 13.6. The number of nitrogens with one attached hydrogen (secondary N) is 1. The number of hydrogen-bond donors (Lipinski definition) is 2. The SMILES string of the molecule is CNC(=O)c1c(C)oc2cc(Oc3ccnn4cc(C(=O)N5CC[C@](O)(Cc6ccc(F)cc6)C5)c(C)c34)ccc12. The molecule has 1 saturated heterocycles. The van der Waals surface area contributed by atoms with Gasteiger partial charge in [0, 0.05) is 43.7 Å². The van der Waals surface area contributed by atoms with E-state index in [1.165, 1.54) is 12.1 Å². The smallest absolute Gasteiger partial charge is 0.255 e. The van der Waals surface area contributed by atoms with Gasteiger partial charge in [0.25, 0.3) is 11.8 Å². The van der Waals surface area contributed by atoms with E-state index in [-0.39, 0.29) is 24.2 Å². The first-order valence-electron chi connectivity index (χ1n) is 13.3. The Balaban J connectivity index is 1.25. The third-order valence-electron chi connectivity index (χ3n) is 7.71. The second-order valence-corrected chi connectivity index (χ2v) is 10.5. The van der Waals surface area contributed by atoms with E-state index in [9.17, 15) is 19.1 Å². The van der Waals surface area contributed by atoms with Crippen molar-refractivity contribution in [3.05, 3.63) is 94.8 Å². The molecule has 4 heterocycles. The molecule has 0 saturated carbocycles. The fraction of sp³-hybridized carbons (Fsp3) is 0.258. The van der Waals surface area contributed by atoms with Crippen LogP contribution in [0.1, 0.15) is 44.0 Å². The minimum absolute atomic E-state index is 0.173. The average Bonchev–Trinajstić information content (AvgIpc) is 3.61. The van der Waals surface area contributed by atoms with Gasteiger partial charge in [-0.25, -0.2) is 8.91 Å². The number of halogens is 1. The second kappa shape index (κ2) is 10.0. The number of fused-ring (bicyclic) bond motifs is 2. The molecule has 210 valence electrons. The van der Waals surface area contributed by atoms with Crippen LogP contribution in [0.4, 0.5) is 4.39 Å². The number of nitrogens with zero attached hydrogens (tertiary/aromatic N) is 3. The molecule has 10 heteroatoms. The highest BCUT2D eigenvalue weighted by Gasteiger charge is 2.39. The van der Waals surface area contributed by atoms with Crippen molar-refractivity contribution in [1.82, 2.24) is 19.8 Å². The Bertz CT molecular complexity index is 1810. The summed E-state index contributed by atoms with van der Waals surface area (Å²) >= 11 is 0. The Morgan fingerprint density at radius 2 is 1.95 bits per heavy atom. The van der Waals surface area contributed by atoms with E-state index in [4.69, 9.17) is 9.15 Å². The predicted molar refractivity (Wildman–Crippen MR) is 150 cm³/mol. The minimum atomic E-state index is -1.09. The Hall–Kier alpha value is -4.70. The molecule has 5 aromatic rings. The van der Waals surface area contributed by atoms with Gasteiger partial charge in [-0.05, 0) is 55.7 Å². The van der Waals surface area contributed by atoms with Gasteiger partial charge in [-0.3, -0.25) is 9.59 Å². The summed E-state index contributed by atoms with van der Waals surface area (Å²) in [5.41, 5.74) is 2.53. The Kier molecular flexibility index (Phi) is 6.50. The minimum Gasteiger partial charge on any atom is -0.460 e. The molecule has 3 aromatic heterocycles. The molecule has 41 heavy (non-hydrogen) atoms. The second-order valence-electron chi connectivity index (χ2n) is 10.5. The zero-order valence-electron chi connectivity index (χ0n) is 22.9. The summed E-state index contributed by atoms with van der Waals surface area (Å²) < 4.78 is 27.0. The lowest BCUT2D eigenvalue weighted by Crippen LogP contribution is -2.37. The molecule has 1 aliphatic rings. The van der Waals surface area contributed by atoms with E-state index < -0.39 is 5.60 Å². The number of carbonyl (C=O) groups excluding carboxylic acids is 2. The van der Waals surface area contributed by atoms with E-state index in [0.717, 1.165) is 5.56 Å². The van der Waals surface area contributed by atoms with E-state index in [0.29, 0.717) is 69.8 Å². The molecule has 0 radical (unpaired) electrons. The highest BCUT2D eigenvalue weighted by Crippen LogP contribution is 2.35. The third-order valence-corrected chi connectivity index (χ3v) is 7.71. The molecule has 0 bridgehead atoms. The summed E-state index contributed by atoms with van der Waals surface area (Å²) in [6, 6.07) is 13.0. The highest BCUT2D eigenvalue weighted by atomic mass is 19.1. The summed E-state index contributed by atoms with van der Waals surface area (Å²) in [5, 5.41) is 18.9. The van der Waals surface area contributed by atoms with Crippen molar-refractivity contribution in [3.63, 3.8) is 0 Å². The summed E-state index contributed by atoms with van der Waals surface area (Å²) in [4.78, 5) is 27.5. The molecular formula is C31H29FN4O5. The summed E-state index contributed by atoms with van der Waals surface area (Å²) in [6.07, 6.45) is 4.02. The number of rotatable bonds is 6. The van der Waals surface area contributed by atoms with Crippen molar-refractivity contribution < 1.29 is 28.2 Å². The molecule has 6 rings (SSSR count). The average molecular weight is 557 g/mol. The number of carbonyl (C=O) groups is 2. The summed E-state index contributed by atoms with van der Waals surface area (Å²) in [6.45, 7) is 4.16. The quantitative estimate of drug-likeness (QED) is 0.311. The van der Waals surface area contributed by atoms with E-state index in [1.807, 2.05) is 6.92 Å². The predicted octanol–water partition coefficient (Wildman–Crippen LogP) is 4.81. The lowest BCUT2D eigenvalue weighted by Gasteiger charge is -2.23. The van der Waals surface area contributed by atoms with Crippen LogP contribution >= 0.6 is 0 Å². The Labute approximate surface area is 235 Å². The number of amides is 2. The van der Waals surface area contributed by atoms with Gasteiger partial charge in [-0.1, -0.05) is 12.1 Å². The van der Waals surface area contributed by atoms with Gasteiger partial charge < -0.3 is 24.5 Å². The molecule has 0 aliphatic carbocycles. The molecular weight excluding hydrogens is 527 g/mol. The number of benzene rings is 2. The van der Waals surface area contributed by atoms with Crippen LogP contribution in [0.2, 0.25) is 0 Å². The third kappa shape index (κ3) is 4.80. The topological polar surface area (TPSA) is 109 Å². The monoisotopic (exact) mass is 556 g/mol. The molecule has 1 fully saturated rings. The van der Waals surface area contributed by atoms with Gasteiger partial charge in [0.15, 0.2) is 5.75 Å². The van der Waals surface area contributed by atoms with Crippen molar-refractivity contribution in [2.24, 2.45) is 0 Å². The van der Waals surface area contributed by atoms with Crippen LogP contribution in [-0.4, -0.2) is 57.2 Å². The van der Waals surface area contributed by atoms with Gasteiger partial charge in [-0.15, -0.1) is 0 Å². The van der Waals surface area contributed by atoms with Gasteiger partial charge in [0.2, 0.25) is 0 Å². The largest absolute Gasteiger partial charge is 0.460 e. The maximum absolute atomic E-state index is 13.6. The molecule has 1 aliphatic heterocycles. The van der Waals surface area contributed by atoms with Gasteiger partial charge >= 0.3 is 0 Å². The van der Waals surface area contributed by atoms with Crippen LogP contribution in [0.3, 0.4) is 0 Å². The fourth-order valence-corrected chi connectivity index (χ4v) is 5.65. The number of likely N-dealkylation sites (tertiary alicyclic amines) is 1. The van der Waals surface area contributed by atoms with E-state index in [2.05, 4.69) is 10.4 Å². The normalized spacial score (nSPS) is 17.0. The zero-order valence-corrected chi connectivity index (χ0v) is 22.9. The lowest BCUT2D eigenvalue weighted by atomic mass is 9.94. The number of aryl methyl sites for hydroxylation is 2. The number of ether oxygens (including phenoxy) is 1. The highest BCUT2D eigenvalue weighted by molar-refractivity contribution is 6.07. The first-order chi connectivity index (χ1) is 19.7. The molecule has 2 N–H and O–H groups in total.